The third-order valence-corrected chi connectivity index (χ3v) is 3.50. The Morgan fingerprint density at radius 2 is 2.47 bits per heavy atom. The monoisotopic (exact) mass is 241 g/mol. The molecule has 2 aliphatic heterocycles. The number of carbonyl (C=O) groups excluding carboxylic acids is 1. The topological polar surface area (TPSA) is 67.6 Å². The second kappa shape index (κ2) is 5.80. The lowest BCUT2D eigenvalue weighted by Gasteiger charge is -2.35. The van der Waals surface area contributed by atoms with E-state index in [1.54, 1.807) is 0 Å². The molecule has 3 unspecified atom stereocenters. The molecule has 3 N–H and O–H groups in total. The largest absolute Gasteiger partial charge is 0.373 e. The molecule has 3 atom stereocenters. The van der Waals surface area contributed by atoms with E-state index < -0.39 is 0 Å². The maximum absolute atomic E-state index is 11.5. The molecule has 0 aliphatic carbocycles. The van der Waals surface area contributed by atoms with Gasteiger partial charge in [-0.3, -0.25) is 9.69 Å². The second-order valence-electron chi connectivity index (χ2n) is 5.23. The summed E-state index contributed by atoms with van der Waals surface area (Å²) in [7, 11) is 0. The van der Waals surface area contributed by atoms with Crippen molar-refractivity contribution in [1.82, 2.24) is 10.2 Å². The average molecular weight is 241 g/mol. The Morgan fingerprint density at radius 3 is 3.24 bits per heavy atom. The first-order valence-corrected chi connectivity index (χ1v) is 6.53. The van der Waals surface area contributed by atoms with Gasteiger partial charge in [-0.2, -0.15) is 0 Å². The van der Waals surface area contributed by atoms with Crippen molar-refractivity contribution in [3.8, 4) is 0 Å². The minimum Gasteiger partial charge on any atom is -0.373 e. The molecule has 0 radical (unpaired) electrons. The summed E-state index contributed by atoms with van der Waals surface area (Å²) < 4.78 is 5.76. The highest BCUT2D eigenvalue weighted by Crippen LogP contribution is 2.22. The van der Waals surface area contributed by atoms with Crippen LogP contribution in [-0.4, -0.2) is 55.2 Å². The molecule has 5 heteroatoms. The maximum atomic E-state index is 11.5. The maximum Gasteiger partial charge on any atom is 0.221 e. The van der Waals surface area contributed by atoms with Gasteiger partial charge >= 0.3 is 0 Å². The number of carbonyl (C=O) groups is 1. The van der Waals surface area contributed by atoms with Gasteiger partial charge < -0.3 is 15.8 Å². The first-order chi connectivity index (χ1) is 8.15. The SMILES string of the molecule is CC(N)CC(=O)NCC1CN2CCCC2CO1. The molecule has 2 saturated heterocycles. The molecule has 0 aromatic heterocycles. The van der Waals surface area contributed by atoms with Crippen LogP contribution in [0.25, 0.3) is 0 Å². The highest BCUT2D eigenvalue weighted by Gasteiger charge is 2.32. The summed E-state index contributed by atoms with van der Waals surface area (Å²) in [6.45, 7) is 5.38. The molecule has 5 nitrogen and oxygen atoms in total. The summed E-state index contributed by atoms with van der Waals surface area (Å²) in [5.74, 6) is 0.0205. The van der Waals surface area contributed by atoms with Crippen LogP contribution in [0.4, 0.5) is 0 Å². The predicted molar refractivity (Wildman–Crippen MR) is 65.6 cm³/mol. The number of amides is 1. The normalized spacial score (nSPS) is 30.9. The number of hydrogen-bond donors (Lipinski definition) is 2. The molecule has 2 rings (SSSR count). The van der Waals surface area contributed by atoms with Crippen molar-refractivity contribution in [1.29, 1.82) is 0 Å². The fourth-order valence-corrected chi connectivity index (χ4v) is 2.60. The molecule has 0 aromatic carbocycles. The summed E-state index contributed by atoms with van der Waals surface area (Å²) in [5.41, 5.74) is 5.57. The highest BCUT2D eigenvalue weighted by atomic mass is 16.5. The van der Waals surface area contributed by atoms with E-state index in [0.29, 0.717) is 19.0 Å². The van der Waals surface area contributed by atoms with E-state index in [9.17, 15) is 4.79 Å². The molecule has 0 saturated carbocycles. The summed E-state index contributed by atoms with van der Waals surface area (Å²) >= 11 is 0. The smallest absolute Gasteiger partial charge is 0.221 e. The van der Waals surface area contributed by atoms with Crippen LogP contribution >= 0.6 is 0 Å². The Morgan fingerprint density at radius 1 is 1.65 bits per heavy atom. The van der Waals surface area contributed by atoms with Crippen molar-refractivity contribution in [2.24, 2.45) is 5.73 Å². The van der Waals surface area contributed by atoms with Gasteiger partial charge in [0.1, 0.15) is 0 Å². The van der Waals surface area contributed by atoms with Crippen LogP contribution in [0.15, 0.2) is 0 Å². The fourth-order valence-electron chi connectivity index (χ4n) is 2.60. The number of ether oxygens (including phenoxy) is 1. The van der Waals surface area contributed by atoms with E-state index >= 15 is 0 Å². The molecular formula is C12H23N3O2. The Bertz CT molecular complexity index is 270. The lowest BCUT2D eigenvalue weighted by atomic mass is 10.2. The molecule has 1 amide bonds. The van der Waals surface area contributed by atoms with Gasteiger partial charge in [0.25, 0.3) is 0 Å². The van der Waals surface area contributed by atoms with Crippen molar-refractivity contribution < 1.29 is 9.53 Å². The Balaban J connectivity index is 1.68. The van der Waals surface area contributed by atoms with Gasteiger partial charge in [0.15, 0.2) is 0 Å². The number of fused-ring (bicyclic) bond motifs is 1. The number of nitrogens with zero attached hydrogens (tertiary/aromatic N) is 1. The van der Waals surface area contributed by atoms with Crippen LogP contribution in [0.5, 0.6) is 0 Å². The van der Waals surface area contributed by atoms with Crippen molar-refractivity contribution in [2.45, 2.75) is 44.4 Å². The first kappa shape index (κ1) is 12.8. The Kier molecular flexibility index (Phi) is 4.36. The third-order valence-electron chi connectivity index (χ3n) is 3.50. The zero-order chi connectivity index (χ0) is 12.3. The van der Waals surface area contributed by atoms with Crippen molar-refractivity contribution >= 4 is 5.91 Å². The second-order valence-corrected chi connectivity index (χ2v) is 5.23. The number of morpholine rings is 1. The van der Waals surface area contributed by atoms with Crippen LogP contribution in [-0.2, 0) is 9.53 Å². The van der Waals surface area contributed by atoms with E-state index in [2.05, 4.69) is 10.2 Å². The molecule has 98 valence electrons. The van der Waals surface area contributed by atoms with Gasteiger partial charge in [0.2, 0.25) is 5.91 Å². The summed E-state index contributed by atoms with van der Waals surface area (Å²) in [5, 5.41) is 2.89. The molecule has 2 aliphatic rings. The predicted octanol–water partition coefficient (Wildman–Crippen LogP) is -0.297. The number of rotatable bonds is 4. The molecule has 2 heterocycles. The minimum absolute atomic E-state index is 0.0205. The number of nitrogens with one attached hydrogen (secondary N) is 1. The molecule has 0 aromatic rings. The zero-order valence-electron chi connectivity index (χ0n) is 10.5. The van der Waals surface area contributed by atoms with Crippen molar-refractivity contribution in [3.63, 3.8) is 0 Å². The Labute approximate surface area is 103 Å². The molecule has 0 spiro atoms. The standard InChI is InChI=1S/C12H23N3O2/c1-9(13)5-12(16)14-6-11-7-15-4-2-3-10(15)8-17-11/h9-11H,2-8,13H2,1H3,(H,14,16). The number of nitrogens with two attached hydrogens (primary N) is 1. The summed E-state index contributed by atoms with van der Waals surface area (Å²) in [6.07, 6.45) is 3.06. The minimum atomic E-state index is -0.0785. The van der Waals surface area contributed by atoms with Crippen LogP contribution in [0.3, 0.4) is 0 Å². The molecule has 2 fully saturated rings. The van der Waals surface area contributed by atoms with E-state index in [4.69, 9.17) is 10.5 Å². The van der Waals surface area contributed by atoms with Crippen LogP contribution in [0.1, 0.15) is 26.2 Å². The lowest BCUT2D eigenvalue weighted by molar-refractivity contribution is -0.122. The molecular weight excluding hydrogens is 218 g/mol. The van der Waals surface area contributed by atoms with Gasteiger partial charge in [0.05, 0.1) is 12.7 Å². The zero-order valence-corrected chi connectivity index (χ0v) is 10.5. The van der Waals surface area contributed by atoms with Gasteiger partial charge in [0, 0.05) is 31.6 Å². The van der Waals surface area contributed by atoms with E-state index in [1.807, 2.05) is 6.92 Å². The third kappa shape index (κ3) is 3.66. The molecule has 0 bridgehead atoms. The summed E-state index contributed by atoms with van der Waals surface area (Å²) in [4.78, 5) is 13.9. The quantitative estimate of drug-likeness (QED) is 0.709. The van der Waals surface area contributed by atoms with E-state index in [0.717, 1.165) is 13.2 Å². The van der Waals surface area contributed by atoms with Crippen molar-refractivity contribution in [3.05, 3.63) is 0 Å². The van der Waals surface area contributed by atoms with Gasteiger partial charge in [-0.1, -0.05) is 0 Å². The average Bonchev–Trinajstić information content (AvgIpc) is 2.72. The van der Waals surface area contributed by atoms with Crippen LogP contribution in [0, 0.1) is 0 Å². The summed E-state index contributed by atoms with van der Waals surface area (Å²) in [6, 6.07) is 0.538. The number of hydrogen-bond acceptors (Lipinski definition) is 4. The fraction of sp³-hybridized carbons (Fsp3) is 0.917. The Hall–Kier alpha value is -0.650. The van der Waals surface area contributed by atoms with Crippen molar-refractivity contribution in [2.75, 3.05) is 26.2 Å². The lowest BCUT2D eigenvalue weighted by Crippen LogP contribution is -2.50. The van der Waals surface area contributed by atoms with Crippen LogP contribution < -0.4 is 11.1 Å². The first-order valence-electron chi connectivity index (χ1n) is 6.53. The van der Waals surface area contributed by atoms with E-state index in [-0.39, 0.29) is 18.1 Å². The van der Waals surface area contributed by atoms with Crippen LogP contribution in [0.2, 0.25) is 0 Å². The highest BCUT2D eigenvalue weighted by molar-refractivity contribution is 5.76. The van der Waals surface area contributed by atoms with Gasteiger partial charge in [-0.25, -0.2) is 0 Å². The van der Waals surface area contributed by atoms with E-state index in [1.165, 1.54) is 19.4 Å². The molecule has 17 heavy (non-hydrogen) atoms. The van der Waals surface area contributed by atoms with Gasteiger partial charge in [-0.05, 0) is 26.3 Å². The van der Waals surface area contributed by atoms with Gasteiger partial charge in [-0.15, -0.1) is 0 Å².